The first kappa shape index (κ1) is 31.2. The Bertz CT molecular complexity index is 1460. The number of hydrogen-bond donors (Lipinski definition) is 2. The molecule has 236 valence electrons. The fourth-order valence-electron chi connectivity index (χ4n) is 5.88. The predicted molar refractivity (Wildman–Crippen MR) is 158 cm³/mol. The maximum Gasteiger partial charge on any atom is 0.429 e. The molecular weight excluding hydrogens is 579 g/mol. The molecule has 3 heterocycles. The van der Waals surface area contributed by atoms with Crippen LogP contribution >= 0.6 is 0 Å². The van der Waals surface area contributed by atoms with Crippen molar-refractivity contribution in [2.45, 2.75) is 44.5 Å². The Kier molecular flexibility index (Phi) is 9.05. The van der Waals surface area contributed by atoms with Gasteiger partial charge in [0.1, 0.15) is 11.9 Å². The summed E-state index contributed by atoms with van der Waals surface area (Å²) in [6.45, 7) is 3.99. The van der Waals surface area contributed by atoms with Crippen molar-refractivity contribution in [3.8, 4) is 28.5 Å². The molecule has 0 radical (unpaired) electrons. The molecule has 3 N–H and O–H groups in total. The van der Waals surface area contributed by atoms with Gasteiger partial charge >= 0.3 is 12.1 Å². The maximum atomic E-state index is 14.3. The number of nitrogen functional groups attached to an aromatic ring is 1. The van der Waals surface area contributed by atoms with Gasteiger partial charge in [-0.1, -0.05) is 30.3 Å². The first-order valence-corrected chi connectivity index (χ1v) is 14.4. The number of alkyl halides is 3. The first-order chi connectivity index (χ1) is 21.0. The van der Waals surface area contributed by atoms with E-state index in [0.717, 1.165) is 18.4 Å². The highest BCUT2D eigenvalue weighted by Crippen LogP contribution is 2.42. The first-order valence-electron chi connectivity index (χ1n) is 14.4. The van der Waals surface area contributed by atoms with E-state index in [1.165, 1.54) is 32.4 Å². The van der Waals surface area contributed by atoms with E-state index in [9.17, 15) is 18.0 Å². The van der Waals surface area contributed by atoms with E-state index in [0.29, 0.717) is 55.5 Å². The van der Waals surface area contributed by atoms with Crippen molar-refractivity contribution in [2.24, 2.45) is 5.41 Å². The van der Waals surface area contributed by atoms with Crippen LogP contribution in [0.4, 0.5) is 24.9 Å². The van der Waals surface area contributed by atoms with Gasteiger partial charge in [0.05, 0.1) is 20.8 Å². The Morgan fingerprint density at radius 1 is 1.05 bits per heavy atom. The Balaban J connectivity index is 1.30. The number of ether oxygens (including phenoxy) is 4. The Morgan fingerprint density at radius 3 is 2.36 bits per heavy atom. The summed E-state index contributed by atoms with van der Waals surface area (Å²) in [6, 6.07) is 12.3. The van der Waals surface area contributed by atoms with E-state index in [4.69, 9.17) is 24.7 Å². The lowest BCUT2D eigenvalue weighted by atomic mass is 9.76. The summed E-state index contributed by atoms with van der Waals surface area (Å²) in [5.74, 6) is 0.736. The average Bonchev–Trinajstić information content (AvgIpc) is 3.42. The zero-order valence-electron chi connectivity index (χ0n) is 24.8. The largest absolute Gasteiger partial charge is 0.493 e. The molecule has 0 saturated carbocycles. The van der Waals surface area contributed by atoms with Crippen molar-refractivity contribution in [1.29, 1.82) is 0 Å². The van der Waals surface area contributed by atoms with Crippen LogP contribution in [0, 0.1) is 5.41 Å². The number of anilines is 2. The van der Waals surface area contributed by atoms with Gasteiger partial charge in [0.25, 0.3) is 0 Å². The van der Waals surface area contributed by atoms with Crippen LogP contribution in [-0.4, -0.2) is 68.6 Å². The molecule has 0 aliphatic carbocycles. The summed E-state index contributed by atoms with van der Waals surface area (Å²) in [5, 5.41) is 3.27. The third kappa shape index (κ3) is 6.77. The molecule has 0 bridgehead atoms. The van der Waals surface area contributed by atoms with Crippen LogP contribution in [-0.2, 0) is 9.53 Å². The van der Waals surface area contributed by atoms with Gasteiger partial charge in [-0.3, -0.25) is 4.79 Å². The van der Waals surface area contributed by atoms with E-state index in [2.05, 4.69) is 15.3 Å². The number of piperidine rings is 1. The molecule has 0 amide bonds. The Morgan fingerprint density at radius 2 is 1.73 bits per heavy atom. The van der Waals surface area contributed by atoms with Crippen molar-refractivity contribution in [3.05, 3.63) is 54.1 Å². The van der Waals surface area contributed by atoms with Gasteiger partial charge < -0.3 is 34.9 Å². The number of benzene rings is 2. The number of methoxy groups -OCH3 is 2. The second-order valence-electron chi connectivity index (χ2n) is 11.0. The summed E-state index contributed by atoms with van der Waals surface area (Å²) in [6.07, 6.45) is -4.79. The number of nitrogens with one attached hydrogen (secondary N) is 1. The standard InChI is InChI=1S/C31H36F3N5O5/c1-4-43-28(40)22-17-30(18-36-22)11-13-39(14-12-30)25-16-26(38-29(35)37-25)44-27(31(32,33)34)20-7-5-19(6-8-20)21-9-10-23(41-2)24(15-21)42-3/h5-10,15-16,22,27,36H,4,11-14,17-18H2,1-3H3,(H2,35,37,38)/t22-,27+/m0/s1. The fourth-order valence-corrected chi connectivity index (χ4v) is 5.88. The van der Waals surface area contributed by atoms with Crippen LogP contribution in [0.5, 0.6) is 17.4 Å². The molecule has 1 spiro atoms. The second-order valence-corrected chi connectivity index (χ2v) is 11.0. The lowest BCUT2D eigenvalue weighted by Crippen LogP contribution is -2.41. The van der Waals surface area contributed by atoms with Crippen LogP contribution in [0.2, 0.25) is 0 Å². The zero-order valence-corrected chi connectivity index (χ0v) is 24.8. The van der Waals surface area contributed by atoms with Crippen molar-refractivity contribution >= 4 is 17.7 Å². The van der Waals surface area contributed by atoms with Crippen molar-refractivity contribution in [3.63, 3.8) is 0 Å². The Labute approximate surface area is 253 Å². The molecule has 2 aliphatic rings. The predicted octanol–water partition coefficient (Wildman–Crippen LogP) is 4.94. The minimum Gasteiger partial charge on any atom is -0.493 e. The highest BCUT2D eigenvalue weighted by Gasteiger charge is 2.45. The van der Waals surface area contributed by atoms with Gasteiger partial charge in [0, 0.05) is 31.3 Å². The van der Waals surface area contributed by atoms with Crippen LogP contribution in [0.25, 0.3) is 11.1 Å². The lowest BCUT2D eigenvalue weighted by molar-refractivity contribution is -0.198. The highest BCUT2D eigenvalue weighted by atomic mass is 19.4. The third-order valence-corrected chi connectivity index (χ3v) is 8.25. The van der Waals surface area contributed by atoms with E-state index in [1.807, 2.05) is 4.90 Å². The molecule has 10 nitrogen and oxygen atoms in total. The maximum absolute atomic E-state index is 14.3. The number of hydrogen-bond acceptors (Lipinski definition) is 10. The molecule has 2 aromatic carbocycles. The number of nitrogens with zero attached hydrogens (tertiary/aromatic N) is 3. The molecule has 44 heavy (non-hydrogen) atoms. The van der Waals surface area contributed by atoms with Gasteiger partial charge in [-0.05, 0) is 54.9 Å². The topological polar surface area (TPSA) is 121 Å². The van der Waals surface area contributed by atoms with Gasteiger partial charge in [0.2, 0.25) is 17.9 Å². The smallest absolute Gasteiger partial charge is 0.429 e. The molecule has 2 aliphatic heterocycles. The van der Waals surface area contributed by atoms with Crippen molar-refractivity contribution in [1.82, 2.24) is 15.3 Å². The molecule has 1 aromatic heterocycles. The van der Waals surface area contributed by atoms with E-state index in [1.54, 1.807) is 37.3 Å². The summed E-state index contributed by atoms with van der Waals surface area (Å²) >= 11 is 0. The number of rotatable bonds is 9. The fraction of sp³-hybridized carbons (Fsp3) is 0.452. The van der Waals surface area contributed by atoms with E-state index in [-0.39, 0.29) is 34.8 Å². The number of halogens is 3. The van der Waals surface area contributed by atoms with Crippen molar-refractivity contribution in [2.75, 3.05) is 51.1 Å². The third-order valence-electron chi connectivity index (χ3n) is 8.25. The zero-order chi connectivity index (χ0) is 31.5. The van der Waals surface area contributed by atoms with E-state index < -0.39 is 12.3 Å². The minimum absolute atomic E-state index is 0.0592. The number of nitrogens with two attached hydrogens (primary N) is 1. The molecular formula is C31H36F3N5O5. The second kappa shape index (κ2) is 12.8. The van der Waals surface area contributed by atoms with Gasteiger partial charge in [0.15, 0.2) is 11.5 Å². The normalized spacial score (nSPS) is 18.6. The van der Waals surface area contributed by atoms with Gasteiger partial charge in [-0.2, -0.15) is 23.1 Å². The van der Waals surface area contributed by atoms with Gasteiger partial charge in [-0.25, -0.2) is 0 Å². The quantitative estimate of drug-likeness (QED) is 0.321. The average molecular weight is 616 g/mol. The number of aromatic nitrogens is 2. The number of carbonyl (C=O) groups is 1. The van der Waals surface area contributed by atoms with Crippen LogP contribution in [0.15, 0.2) is 48.5 Å². The van der Waals surface area contributed by atoms with E-state index >= 15 is 0 Å². The Hall–Kier alpha value is -4.26. The molecule has 2 atom stereocenters. The highest BCUT2D eigenvalue weighted by molar-refractivity contribution is 5.76. The SMILES string of the molecule is CCOC(=O)[C@@H]1CC2(CCN(c3cc(O[C@H](c4ccc(-c5ccc(OC)c(OC)c5)cc4)C(F)(F)F)nc(N)n3)CC2)CN1. The monoisotopic (exact) mass is 615 g/mol. The molecule has 2 fully saturated rings. The molecule has 13 heteroatoms. The summed E-state index contributed by atoms with van der Waals surface area (Å²) < 4.78 is 64.1. The van der Waals surface area contributed by atoms with Crippen LogP contribution < -0.4 is 30.2 Å². The molecule has 0 unspecified atom stereocenters. The lowest BCUT2D eigenvalue weighted by Gasteiger charge is -2.39. The summed E-state index contributed by atoms with van der Waals surface area (Å²) in [7, 11) is 3.04. The van der Waals surface area contributed by atoms with Crippen LogP contribution in [0.1, 0.15) is 37.9 Å². The molecule has 3 aromatic rings. The van der Waals surface area contributed by atoms with Gasteiger partial charge in [-0.15, -0.1) is 0 Å². The molecule has 2 saturated heterocycles. The molecule has 5 rings (SSSR count). The van der Waals surface area contributed by atoms with Crippen molar-refractivity contribution < 1.29 is 36.9 Å². The summed E-state index contributed by atoms with van der Waals surface area (Å²) in [5.41, 5.74) is 7.21. The van der Waals surface area contributed by atoms with Crippen LogP contribution in [0.3, 0.4) is 0 Å². The minimum atomic E-state index is -4.73. The summed E-state index contributed by atoms with van der Waals surface area (Å²) in [4.78, 5) is 22.4. The number of esters is 1. The number of carbonyl (C=O) groups excluding carboxylic acids is 1.